The van der Waals surface area contributed by atoms with Crippen LogP contribution in [0.2, 0.25) is 0 Å². The van der Waals surface area contributed by atoms with Gasteiger partial charge in [0.2, 0.25) is 0 Å². The molecule has 0 aromatic rings. The number of hydrogen-bond acceptors (Lipinski definition) is 5. The van der Waals surface area contributed by atoms with Gasteiger partial charge in [0.1, 0.15) is 0 Å². The predicted octanol–water partition coefficient (Wildman–Crippen LogP) is 0.556. The van der Waals surface area contributed by atoms with Crippen molar-refractivity contribution in [3.8, 4) is 0 Å². The molecular weight excluding hydrogens is 246 g/mol. The second-order valence-electron chi connectivity index (χ2n) is 5.73. The summed E-state index contributed by atoms with van der Waals surface area (Å²) in [5, 5.41) is 13.3. The Hall–Kier alpha value is -0.200. The lowest BCUT2D eigenvalue weighted by Crippen LogP contribution is -2.43. The van der Waals surface area contributed by atoms with Gasteiger partial charge in [-0.05, 0) is 32.1 Å². The Balaban J connectivity index is 1.58. The molecule has 4 atom stereocenters. The molecule has 1 saturated carbocycles. The maximum absolute atomic E-state index is 9.90. The van der Waals surface area contributed by atoms with Gasteiger partial charge in [0.25, 0.3) is 0 Å². The van der Waals surface area contributed by atoms with Crippen LogP contribution in [-0.4, -0.2) is 62.9 Å². The summed E-state index contributed by atoms with van der Waals surface area (Å²) < 4.78 is 16.2. The molecule has 0 bridgehead atoms. The molecule has 1 aliphatic heterocycles. The van der Waals surface area contributed by atoms with Crippen molar-refractivity contribution in [3.63, 3.8) is 0 Å². The van der Waals surface area contributed by atoms with Crippen LogP contribution in [0, 0.1) is 5.92 Å². The fourth-order valence-corrected chi connectivity index (χ4v) is 2.62. The van der Waals surface area contributed by atoms with Crippen LogP contribution in [0.1, 0.15) is 26.2 Å². The molecular formula is C14H27NO4. The largest absolute Gasteiger partial charge is 0.389 e. The number of ether oxygens (including phenoxy) is 3. The first-order chi connectivity index (χ1) is 9.20. The normalized spacial score (nSPS) is 30.5. The summed E-state index contributed by atoms with van der Waals surface area (Å²) in [4.78, 5) is 0. The standard InChI is InChI=1S/C14H27NO4/c1-10(8-17-2)19-9-12(16)7-15-13-5-6-18-14(13)11-3-4-11/h10-16H,3-9H2,1-2H3. The van der Waals surface area contributed by atoms with Gasteiger partial charge >= 0.3 is 0 Å². The quantitative estimate of drug-likeness (QED) is 0.643. The number of aliphatic hydroxyl groups is 1. The third-order valence-corrected chi connectivity index (χ3v) is 3.81. The number of methoxy groups -OCH3 is 1. The van der Waals surface area contributed by atoms with Crippen LogP contribution in [0.5, 0.6) is 0 Å². The van der Waals surface area contributed by atoms with E-state index in [1.54, 1.807) is 7.11 Å². The summed E-state index contributed by atoms with van der Waals surface area (Å²) in [5.74, 6) is 0.745. The van der Waals surface area contributed by atoms with Crippen LogP contribution in [0.3, 0.4) is 0 Å². The molecule has 0 aromatic carbocycles. The highest BCUT2D eigenvalue weighted by Gasteiger charge is 2.40. The molecule has 5 nitrogen and oxygen atoms in total. The molecule has 1 aliphatic carbocycles. The van der Waals surface area contributed by atoms with Crippen molar-refractivity contribution in [2.24, 2.45) is 5.92 Å². The summed E-state index contributed by atoms with van der Waals surface area (Å²) in [5.41, 5.74) is 0. The van der Waals surface area contributed by atoms with Crippen molar-refractivity contribution >= 4 is 0 Å². The molecule has 0 spiro atoms. The molecule has 4 unspecified atom stereocenters. The second kappa shape index (κ2) is 7.55. The fourth-order valence-electron chi connectivity index (χ4n) is 2.62. The lowest BCUT2D eigenvalue weighted by atomic mass is 10.1. The number of aliphatic hydroxyl groups excluding tert-OH is 1. The van der Waals surface area contributed by atoms with E-state index in [1.807, 2.05) is 6.92 Å². The first kappa shape index (κ1) is 15.2. The molecule has 5 heteroatoms. The topological polar surface area (TPSA) is 60.0 Å². The smallest absolute Gasteiger partial charge is 0.0897 e. The van der Waals surface area contributed by atoms with Crippen molar-refractivity contribution in [2.75, 3.05) is 33.5 Å². The average Bonchev–Trinajstić information content (AvgIpc) is 3.13. The van der Waals surface area contributed by atoms with Gasteiger partial charge < -0.3 is 24.6 Å². The van der Waals surface area contributed by atoms with Crippen molar-refractivity contribution in [2.45, 2.75) is 50.5 Å². The van der Waals surface area contributed by atoms with Crippen LogP contribution in [0.4, 0.5) is 0 Å². The minimum Gasteiger partial charge on any atom is -0.389 e. The van der Waals surface area contributed by atoms with Gasteiger partial charge in [0.15, 0.2) is 0 Å². The van der Waals surface area contributed by atoms with E-state index >= 15 is 0 Å². The zero-order valence-corrected chi connectivity index (χ0v) is 12.0. The lowest BCUT2D eigenvalue weighted by Gasteiger charge is -2.22. The van der Waals surface area contributed by atoms with E-state index in [-0.39, 0.29) is 6.10 Å². The summed E-state index contributed by atoms with van der Waals surface area (Å²) >= 11 is 0. The van der Waals surface area contributed by atoms with Crippen LogP contribution in [0.15, 0.2) is 0 Å². The molecule has 1 saturated heterocycles. The zero-order valence-electron chi connectivity index (χ0n) is 12.0. The van der Waals surface area contributed by atoms with Crippen LogP contribution >= 0.6 is 0 Å². The van der Waals surface area contributed by atoms with E-state index in [9.17, 15) is 5.11 Å². The van der Waals surface area contributed by atoms with E-state index < -0.39 is 6.10 Å². The minimum atomic E-state index is -0.472. The van der Waals surface area contributed by atoms with Gasteiger partial charge in [-0.2, -0.15) is 0 Å². The molecule has 112 valence electrons. The van der Waals surface area contributed by atoms with E-state index in [4.69, 9.17) is 14.2 Å². The summed E-state index contributed by atoms with van der Waals surface area (Å²) in [7, 11) is 1.65. The van der Waals surface area contributed by atoms with Crippen LogP contribution < -0.4 is 5.32 Å². The Labute approximate surface area is 115 Å². The molecule has 2 rings (SSSR count). The Bertz CT molecular complexity index is 260. The molecule has 2 aliphatic rings. The van der Waals surface area contributed by atoms with Crippen molar-refractivity contribution in [1.82, 2.24) is 5.32 Å². The maximum Gasteiger partial charge on any atom is 0.0897 e. The molecule has 0 aromatic heterocycles. The van der Waals surface area contributed by atoms with Crippen LogP contribution in [-0.2, 0) is 14.2 Å². The van der Waals surface area contributed by atoms with E-state index in [1.165, 1.54) is 12.8 Å². The molecule has 19 heavy (non-hydrogen) atoms. The third-order valence-electron chi connectivity index (χ3n) is 3.81. The summed E-state index contributed by atoms with van der Waals surface area (Å²) in [6.45, 7) is 4.25. The monoisotopic (exact) mass is 273 g/mol. The Morgan fingerprint density at radius 2 is 2.11 bits per heavy atom. The maximum atomic E-state index is 9.90. The molecule has 2 fully saturated rings. The van der Waals surface area contributed by atoms with Crippen LogP contribution in [0.25, 0.3) is 0 Å². The van der Waals surface area contributed by atoms with Crippen molar-refractivity contribution < 1.29 is 19.3 Å². The van der Waals surface area contributed by atoms with Gasteiger partial charge in [0.05, 0.1) is 31.5 Å². The molecule has 1 heterocycles. The number of hydrogen-bond donors (Lipinski definition) is 2. The number of nitrogens with one attached hydrogen (secondary N) is 1. The Kier molecular flexibility index (Phi) is 6.04. The van der Waals surface area contributed by atoms with E-state index in [2.05, 4.69) is 5.32 Å². The predicted molar refractivity (Wildman–Crippen MR) is 72.2 cm³/mol. The number of rotatable bonds is 9. The lowest BCUT2D eigenvalue weighted by molar-refractivity contribution is -0.0322. The first-order valence-corrected chi connectivity index (χ1v) is 7.34. The Morgan fingerprint density at radius 3 is 2.79 bits per heavy atom. The van der Waals surface area contributed by atoms with Crippen molar-refractivity contribution in [1.29, 1.82) is 0 Å². The first-order valence-electron chi connectivity index (χ1n) is 7.34. The average molecular weight is 273 g/mol. The third kappa shape index (κ3) is 5.00. The van der Waals surface area contributed by atoms with Gasteiger partial charge in [0, 0.05) is 26.3 Å². The van der Waals surface area contributed by atoms with Crippen molar-refractivity contribution in [3.05, 3.63) is 0 Å². The fraction of sp³-hybridized carbons (Fsp3) is 1.00. The molecule has 0 amide bonds. The van der Waals surface area contributed by atoms with Gasteiger partial charge in [-0.3, -0.25) is 0 Å². The summed E-state index contributed by atoms with van der Waals surface area (Å²) in [6, 6.07) is 0.401. The highest BCUT2D eigenvalue weighted by Crippen LogP contribution is 2.38. The van der Waals surface area contributed by atoms with E-state index in [0.717, 1.165) is 18.9 Å². The summed E-state index contributed by atoms with van der Waals surface area (Å²) in [6.07, 6.45) is 3.55. The highest BCUT2D eigenvalue weighted by molar-refractivity contribution is 4.93. The van der Waals surface area contributed by atoms with Gasteiger partial charge in [-0.1, -0.05) is 0 Å². The second-order valence-corrected chi connectivity index (χ2v) is 5.73. The molecule has 2 N–H and O–H groups in total. The van der Waals surface area contributed by atoms with Gasteiger partial charge in [-0.25, -0.2) is 0 Å². The van der Waals surface area contributed by atoms with E-state index in [0.29, 0.717) is 31.9 Å². The zero-order chi connectivity index (χ0) is 13.7. The van der Waals surface area contributed by atoms with Gasteiger partial charge in [-0.15, -0.1) is 0 Å². The highest BCUT2D eigenvalue weighted by atomic mass is 16.5. The Morgan fingerprint density at radius 1 is 1.32 bits per heavy atom. The molecule has 0 radical (unpaired) electrons. The minimum absolute atomic E-state index is 0.0219. The SMILES string of the molecule is COCC(C)OCC(O)CNC1CCOC1C1CC1.